The molecule has 0 spiro atoms. The van der Waals surface area contributed by atoms with Crippen LogP contribution < -0.4 is 9.04 Å². The fourth-order valence-electron chi connectivity index (χ4n) is 2.28. The number of carbonyl (C=O) groups is 1. The van der Waals surface area contributed by atoms with Crippen LogP contribution in [0.1, 0.15) is 19.8 Å². The van der Waals surface area contributed by atoms with Crippen LogP contribution in [0.15, 0.2) is 47.4 Å². The lowest BCUT2D eigenvalue weighted by Gasteiger charge is -2.24. The van der Waals surface area contributed by atoms with Crippen molar-refractivity contribution in [2.75, 3.05) is 17.5 Å². The third kappa shape index (κ3) is 5.51. The van der Waals surface area contributed by atoms with Gasteiger partial charge in [-0.2, -0.15) is 0 Å². The summed E-state index contributed by atoms with van der Waals surface area (Å²) < 4.78 is 32.7. The molecule has 0 aromatic heterocycles. The Hall–Kier alpha value is -1.96. The van der Waals surface area contributed by atoms with E-state index < -0.39 is 16.0 Å². The number of carboxylic acids is 1. The SMILES string of the molecule is CCCOc1ccc(N(CCC(=O)O)S(=O)(=O)c2ccc(Cl)c(Cl)c2)cc1. The van der Waals surface area contributed by atoms with Crippen LogP contribution in [0.25, 0.3) is 0 Å². The number of halogens is 2. The number of benzene rings is 2. The summed E-state index contributed by atoms with van der Waals surface area (Å²) in [5.74, 6) is -0.502. The van der Waals surface area contributed by atoms with Crippen LogP contribution in [0.2, 0.25) is 10.0 Å². The number of anilines is 1. The van der Waals surface area contributed by atoms with E-state index in [1.54, 1.807) is 24.3 Å². The number of nitrogens with zero attached hydrogens (tertiary/aromatic N) is 1. The first kappa shape index (κ1) is 21.3. The number of aliphatic carboxylic acids is 1. The second kappa shape index (κ2) is 9.30. The lowest BCUT2D eigenvalue weighted by Crippen LogP contribution is -2.33. The predicted octanol–water partition coefficient (Wildman–Crippen LogP) is 4.45. The van der Waals surface area contributed by atoms with Crippen LogP contribution in [0.5, 0.6) is 5.75 Å². The highest BCUT2D eigenvalue weighted by Crippen LogP contribution is 2.30. The molecule has 27 heavy (non-hydrogen) atoms. The maximum Gasteiger partial charge on any atom is 0.305 e. The molecule has 2 rings (SSSR count). The molecule has 0 bridgehead atoms. The summed E-state index contributed by atoms with van der Waals surface area (Å²) in [7, 11) is -4.03. The van der Waals surface area contributed by atoms with E-state index >= 15 is 0 Å². The zero-order valence-corrected chi connectivity index (χ0v) is 16.9. The molecule has 0 aliphatic rings. The maximum atomic E-state index is 13.1. The predicted molar refractivity (Wildman–Crippen MR) is 105 cm³/mol. The van der Waals surface area contributed by atoms with Crippen molar-refractivity contribution in [3.05, 3.63) is 52.5 Å². The van der Waals surface area contributed by atoms with Gasteiger partial charge in [-0.05, 0) is 48.9 Å². The van der Waals surface area contributed by atoms with Crippen molar-refractivity contribution in [1.82, 2.24) is 0 Å². The molecular weight excluding hydrogens is 413 g/mol. The van der Waals surface area contributed by atoms with Gasteiger partial charge in [-0.25, -0.2) is 8.42 Å². The van der Waals surface area contributed by atoms with Gasteiger partial charge in [-0.15, -0.1) is 0 Å². The molecule has 0 fully saturated rings. The van der Waals surface area contributed by atoms with E-state index in [1.165, 1.54) is 18.2 Å². The number of hydrogen-bond donors (Lipinski definition) is 1. The molecule has 9 heteroatoms. The second-order valence-electron chi connectivity index (χ2n) is 5.64. The smallest absolute Gasteiger partial charge is 0.305 e. The molecule has 0 saturated heterocycles. The van der Waals surface area contributed by atoms with Gasteiger partial charge in [-0.3, -0.25) is 9.10 Å². The first-order chi connectivity index (χ1) is 12.8. The van der Waals surface area contributed by atoms with Crippen LogP contribution in [-0.4, -0.2) is 32.6 Å². The summed E-state index contributed by atoms with van der Waals surface area (Å²) in [5.41, 5.74) is 0.325. The number of sulfonamides is 1. The van der Waals surface area contributed by atoms with Gasteiger partial charge in [-0.1, -0.05) is 30.1 Å². The Bertz CT molecular complexity index is 900. The monoisotopic (exact) mass is 431 g/mol. The number of ether oxygens (including phenoxy) is 1. The van der Waals surface area contributed by atoms with Crippen LogP contribution in [0.3, 0.4) is 0 Å². The molecule has 2 aromatic rings. The average Bonchev–Trinajstić information content (AvgIpc) is 2.63. The summed E-state index contributed by atoms with van der Waals surface area (Å²) >= 11 is 11.8. The number of carboxylic acid groups (broad SMARTS) is 1. The van der Waals surface area contributed by atoms with Crippen molar-refractivity contribution in [3.63, 3.8) is 0 Å². The largest absolute Gasteiger partial charge is 0.494 e. The van der Waals surface area contributed by atoms with E-state index in [4.69, 9.17) is 33.0 Å². The normalized spacial score (nSPS) is 11.2. The van der Waals surface area contributed by atoms with Crippen LogP contribution >= 0.6 is 23.2 Å². The third-order valence-corrected chi connectivity index (χ3v) is 6.17. The zero-order valence-electron chi connectivity index (χ0n) is 14.6. The van der Waals surface area contributed by atoms with Crippen molar-refractivity contribution in [2.45, 2.75) is 24.7 Å². The Kier molecular flexibility index (Phi) is 7.35. The topological polar surface area (TPSA) is 83.9 Å². The van der Waals surface area contributed by atoms with Crippen molar-refractivity contribution in [2.24, 2.45) is 0 Å². The molecule has 0 atom stereocenters. The minimum Gasteiger partial charge on any atom is -0.494 e. The Balaban J connectivity index is 2.40. The van der Waals surface area contributed by atoms with E-state index in [1.807, 2.05) is 6.92 Å². The molecule has 0 saturated carbocycles. The molecular formula is C18H19Cl2NO5S. The highest BCUT2D eigenvalue weighted by Gasteiger charge is 2.26. The van der Waals surface area contributed by atoms with Gasteiger partial charge >= 0.3 is 5.97 Å². The van der Waals surface area contributed by atoms with Crippen LogP contribution in [-0.2, 0) is 14.8 Å². The molecule has 1 N–H and O–H groups in total. The third-order valence-electron chi connectivity index (χ3n) is 3.61. The molecule has 0 amide bonds. The summed E-state index contributed by atoms with van der Waals surface area (Å²) in [5, 5.41) is 9.31. The lowest BCUT2D eigenvalue weighted by molar-refractivity contribution is -0.136. The van der Waals surface area contributed by atoms with Gasteiger partial charge in [0.05, 0.1) is 33.7 Å². The Morgan fingerprint density at radius 1 is 1.11 bits per heavy atom. The summed E-state index contributed by atoms with van der Waals surface area (Å²) in [4.78, 5) is 10.9. The zero-order chi connectivity index (χ0) is 20.0. The summed E-state index contributed by atoms with van der Waals surface area (Å²) in [6.07, 6.45) is 0.493. The Labute approximate surface area is 168 Å². The average molecular weight is 432 g/mol. The van der Waals surface area contributed by atoms with Gasteiger partial charge in [0.15, 0.2) is 0 Å². The molecule has 0 unspecified atom stereocenters. The van der Waals surface area contributed by atoms with Gasteiger partial charge in [0.1, 0.15) is 5.75 Å². The molecule has 0 heterocycles. The summed E-state index contributed by atoms with van der Waals surface area (Å²) in [6, 6.07) is 10.4. The molecule has 2 aromatic carbocycles. The minimum atomic E-state index is -4.03. The van der Waals surface area contributed by atoms with Gasteiger partial charge in [0.25, 0.3) is 10.0 Å². The van der Waals surface area contributed by atoms with E-state index in [0.29, 0.717) is 18.0 Å². The van der Waals surface area contributed by atoms with E-state index in [0.717, 1.165) is 10.7 Å². The molecule has 146 valence electrons. The van der Waals surface area contributed by atoms with Crippen molar-refractivity contribution in [3.8, 4) is 5.75 Å². The minimum absolute atomic E-state index is 0.0754. The molecule has 6 nitrogen and oxygen atoms in total. The fraction of sp³-hybridized carbons (Fsp3) is 0.278. The Morgan fingerprint density at radius 2 is 1.78 bits per heavy atom. The van der Waals surface area contributed by atoms with Crippen LogP contribution in [0.4, 0.5) is 5.69 Å². The van der Waals surface area contributed by atoms with Crippen molar-refractivity contribution in [1.29, 1.82) is 0 Å². The fourth-order valence-corrected chi connectivity index (χ4v) is 4.13. The summed E-state index contributed by atoms with van der Waals surface area (Å²) in [6.45, 7) is 2.29. The highest BCUT2D eigenvalue weighted by molar-refractivity contribution is 7.92. The lowest BCUT2D eigenvalue weighted by atomic mass is 10.3. The van der Waals surface area contributed by atoms with E-state index in [-0.39, 0.29) is 27.9 Å². The molecule has 0 aliphatic carbocycles. The van der Waals surface area contributed by atoms with E-state index in [9.17, 15) is 13.2 Å². The van der Waals surface area contributed by atoms with Gasteiger partial charge < -0.3 is 9.84 Å². The molecule has 0 aliphatic heterocycles. The molecule has 0 radical (unpaired) electrons. The van der Waals surface area contributed by atoms with Gasteiger partial charge in [0, 0.05) is 6.54 Å². The standard InChI is InChI=1S/C18H19Cl2NO5S/c1-2-11-26-14-5-3-13(4-6-14)21(10-9-18(22)23)27(24,25)15-7-8-16(19)17(20)12-15/h3-8,12H,2,9-11H2,1H3,(H,22,23). The van der Waals surface area contributed by atoms with Gasteiger partial charge in [0.2, 0.25) is 0 Å². The second-order valence-corrected chi connectivity index (χ2v) is 8.32. The number of hydrogen-bond acceptors (Lipinski definition) is 4. The maximum absolute atomic E-state index is 13.1. The quantitative estimate of drug-likeness (QED) is 0.633. The highest BCUT2D eigenvalue weighted by atomic mass is 35.5. The van der Waals surface area contributed by atoms with Crippen molar-refractivity contribution >= 4 is 44.9 Å². The van der Waals surface area contributed by atoms with Crippen LogP contribution in [0, 0.1) is 0 Å². The first-order valence-electron chi connectivity index (χ1n) is 8.18. The first-order valence-corrected chi connectivity index (χ1v) is 10.4. The Morgan fingerprint density at radius 3 is 2.33 bits per heavy atom. The van der Waals surface area contributed by atoms with Crippen molar-refractivity contribution < 1.29 is 23.1 Å². The van der Waals surface area contributed by atoms with E-state index in [2.05, 4.69) is 0 Å². The number of rotatable bonds is 9.